The Kier molecular flexibility index (Phi) is 5.08. The van der Waals surface area contributed by atoms with Crippen LogP contribution in [-0.4, -0.2) is 23.9 Å². The number of carbonyl (C=O) groups is 1. The Labute approximate surface area is 140 Å². The van der Waals surface area contributed by atoms with E-state index in [1.165, 1.54) is 17.0 Å². The van der Waals surface area contributed by atoms with Gasteiger partial charge in [-0.15, -0.1) is 11.3 Å². The van der Waals surface area contributed by atoms with Crippen molar-refractivity contribution in [3.8, 4) is 0 Å². The number of carbonyl (C=O) groups excluding carboxylic acids is 1. The molecule has 2 aromatic rings. The Morgan fingerprint density at radius 1 is 1.39 bits per heavy atom. The molecule has 0 spiro atoms. The van der Waals surface area contributed by atoms with Gasteiger partial charge in [-0.3, -0.25) is 9.69 Å². The largest absolute Gasteiger partial charge is 0.348 e. The smallest absolute Gasteiger partial charge is 0.234 e. The molecule has 1 N–H and O–H groups in total. The van der Waals surface area contributed by atoms with Gasteiger partial charge in [0.15, 0.2) is 0 Å². The molecular formula is C18H21FN2OS. The van der Waals surface area contributed by atoms with Crippen LogP contribution in [0, 0.1) is 5.82 Å². The monoisotopic (exact) mass is 332 g/mol. The van der Waals surface area contributed by atoms with E-state index >= 15 is 0 Å². The number of thiophene rings is 1. The lowest BCUT2D eigenvalue weighted by molar-refractivity contribution is -0.123. The third kappa shape index (κ3) is 3.98. The molecule has 1 amide bonds. The first-order valence-electron chi connectivity index (χ1n) is 7.96. The van der Waals surface area contributed by atoms with Crippen molar-refractivity contribution < 1.29 is 9.18 Å². The van der Waals surface area contributed by atoms with Crippen LogP contribution >= 0.6 is 11.3 Å². The Bertz CT molecular complexity index is 642. The van der Waals surface area contributed by atoms with Crippen molar-refractivity contribution in [1.29, 1.82) is 0 Å². The Morgan fingerprint density at radius 3 is 2.87 bits per heavy atom. The van der Waals surface area contributed by atoms with E-state index in [0.717, 1.165) is 24.9 Å². The Morgan fingerprint density at radius 2 is 2.17 bits per heavy atom. The van der Waals surface area contributed by atoms with Crippen molar-refractivity contribution in [3.05, 3.63) is 58.0 Å². The van der Waals surface area contributed by atoms with Gasteiger partial charge in [-0.05, 0) is 55.5 Å². The maximum atomic E-state index is 13.0. The number of hydrogen-bond donors (Lipinski definition) is 1. The van der Waals surface area contributed by atoms with Crippen LogP contribution in [0.4, 0.5) is 4.39 Å². The molecule has 1 fully saturated rings. The minimum absolute atomic E-state index is 0.0188. The summed E-state index contributed by atoms with van der Waals surface area (Å²) >= 11 is 1.75. The summed E-state index contributed by atoms with van der Waals surface area (Å²) in [5.41, 5.74) is 0.913. The molecule has 2 atom stereocenters. The normalized spacial score (nSPS) is 19.7. The lowest BCUT2D eigenvalue weighted by Crippen LogP contribution is -2.37. The summed E-state index contributed by atoms with van der Waals surface area (Å²) in [6.45, 7) is 3.29. The van der Waals surface area contributed by atoms with Crippen LogP contribution in [-0.2, 0) is 4.79 Å². The molecule has 122 valence electrons. The predicted molar refractivity (Wildman–Crippen MR) is 90.8 cm³/mol. The fourth-order valence-corrected chi connectivity index (χ4v) is 4.02. The molecule has 1 aliphatic heterocycles. The molecule has 23 heavy (non-hydrogen) atoms. The summed E-state index contributed by atoms with van der Waals surface area (Å²) < 4.78 is 13.0. The van der Waals surface area contributed by atoms with Gasteiger partial charge in [-0.2, -0.15) is 0 Å². The zero-order chi connectivity index (χ0) is 16.2. The third-order valence-electron chi connectivity index (χ3n) is 4.33. The molecule has 3 rings (SSSR count). The first-order valence-corrected chi connectivity index (χ1v) is 8.84. The Hall–Kier alpha value is -1.72. The van der Waals surface area contributed by atoms with Gasteiger partial charge < -0.3 is 5.32 Å². The van der Waals surface area contributed by atoms with Gasteiger partial charge in [0.25, 0.3) is 0 Å². The average Bonchev–Trinajstić information content (AvgIpc) is 3.18. The number of rotatable bonds is 5. The van der Waals surface area contributed by atoms with Crippen LogP contribution in [0.5, 0.6) is 0 Å². The van der Waals surface area contributed by atoms with Crippen LogP contribution in [0.25, 0.3) is 0 Å². The van der Waals surface area contributed by atoms with Crippen molar-refractivity contribution >= 4 is 17.2 Å². The molecule has 0 saturated carbocycles. The lowest BCUT2D eigenvalue weighted by Gasteiger charge is -2.24. The summed E-state index contributed by atoms with van der Waals surface area (Å²) in [6.07, 6.45) is 2.24. The molecule has 0 radical (unpaired) electrons. The molecule has 1 aromatic heterocycles. The highest BCUT2D eigenvalue weighted by atomic mass is 32.1. The van der Waals surface area contributed by atoms with Gasteiger partial charge >= 0.3 is 0 Å². The number of hydrogen-bond acceptors (Lipinski definition) is 3. The Balaban J connectivity index is 1.57. The van der Waals surface area contributed by atoms with E-state index in [9.17, 15) is 9.18 Å². The minimum Gasteiger partial charge on any atom is -0.348 e. The number of benzene rings is 1. The fourth-order valence-electron chi connectivity index (χ4n) is 3.12. The van der Waals surface area contributed by atoms with Crippen LogP contribution in [0.3, 0.4) is 0 Å². The fraction of sp³-hybridized carbons (Fsp3) is 0.389. The molecule has 2 heterocycles. The number of nitrogens with zero attached hydrogens (tertiary/aromatic N) is 1. The SMILES string of the molecule is CC(NC(=O)CN1CCCC1c1cccs1)c1ccc(F)cc1. The highest BCUT2D eigenvalue weighted by Gasteiger charge is 2.28. The van der Waals surface area contributed by atoms with E-state index in [1.807, 2.05) is 6.92 Å². The van der Waals surface area contributed by atoms with Crippen molar-refractivity contribution in [3.63, 3.8) is 0 Å². The molecule has 1 saturated heterocycles. The summed E-state index contributed by atoms with van der Waals surface area (Å²) in [6, 6.07) is 10.7. The summed E-state index contributed by atoms with van der Waals surface area (Å²) in [5.74, 6) is -0.242. The second kappa shape index (κ2) is 7.23. The van der Waals surface area contributed by atoms with E-state index < -0.39 is 0 Å². The molecule has 5 heteroatoms. The summed E-state index contributed by atoms with van der Waals surface area (Å²) in [7, 11) is 0. The van der Waals surface area contributed by atoms with Gasteiger partial charge in [0, 0.05) is 10.9 Å². The van der Waals surface area contributed by atoms with Crippen LogP contribution in [0.1, 0.15) is 42.3 Å². The van der Waals surface area contributed by atoms with Crippen molar-refractivity contribution in [1.82, 2.24) is 10.2 Å². The number of amides is 1. The molecule has 0 bridgehead atoms. The average molecular weight is 332 g/mol. The number of likely N-dealkylation sites (tertiary alicyclic amines) is 1. The lowest BCUT2D eigenvalue weighted by atomic mass is 10.1. The van der Waals surface area contributed by atoms with E-state index in [-0.39, 0.29) is 17.8 Å². The van der Waals surface area contributed by atoms with E-state index in [0.29, 0.717) is 12.6 Å². The van der Waals surface area contributed by atoms with Gasteiger partial charge in [0.2, 0.25) is 5.91 Å². The zero-order valence-electron chi connectivity index (χ0n) is 13.2. The third-order valence-corrected chi connectivity index (χ3v) is 5.30. The second-order valence-corrected chi connectivity index (χ2v) is 6.96. The second-order valence-electron chi connectivity index (χ2n) is 5.98. The van der Waals surface area contributed by atoms with Crippen molar-refractivity contribution in [2.24, 2.45) is 0 Å². The summed E-state index contributed by atoms with van der Waals surface area (Å²) in [4.78, 5) is 15.9. The first-order chi connectivity index (χ1) is 11.1. The van der Waals surface area contributed by atoms with Crippen LogP contribution in [0.2, 0.25) is 0 Å². The van der Waals surface area contributed by atoms with Crippen LogP contribution < -0.4 is 5.32 Å². The van der Waals surface area contributed by atoms with Gasteiger partial charge in [0.1, 0.15) is 5.82 Å². The van der Waals surface area contributed by atoms with Gasteiger partial charge in [0.05, 0.1) is 12.6 Å². The molecule has 1 aliphatic rings. The van der Waals surface area contributed by atoms with Crippen LogP contribution in [0.15, 0.2) is 41.8 Å². The maximum absolute atomic E-state index is 13.0. The van der Waals surface area contributed by atoms with E-state index in [4.69, 9.17) is 0 Å². The van der Waals surface area contributed by atoms with Gasteiger partial charge in [-0.1, -0.05) is 18.2 Å². The minimum atomic E-state index is -0.261. The molecular weight excluding hydrogens is 311 g/mol. The topological polar surface area (TPSA) is 32.3 Å². The van der Waals surface area contributed by atoms with Crippen molar-refractivity contribution in [2.45, 2.75) is 31.8 Å². The maximum Gasteiger partial charge on any atom is 0.234 e. The van der Waals surface area contributed by atoms with Crippen molar-refractivity contribution in [2.75, 3.05) is 13.1 Å². The molecule has 0 aliphatic carbocycles. The molecule has 1 aromatic carbocycles. The van der Waals surface area contributed by atoms with E-state index in [2.05, 4.69) is 27.7 Å². The first kappa shape index (κ1) is 16.1. The standard InChI is InChI=1S/C18H21FN2OS/c1-13(14-6-8-15(19)9-7-14)20-18(22)12-21-10-2-4-16(21)17-5-3-11-23-17/h3,5-9,11,13,16H,2,4,10,12H2,1H3,(H,20,22). The highest BCUT2D eigenvalue weighted by molar-refractivity contribution is 7.10. The zero-order valence-corrected chi connectivity index (χ0v) is 14.0. The molecule has 2 unspecified atom stereocenters. The summed E-state index contributed by atoms with van der Waals surface area (Å²) in [5, 5.41) is 5.09. The quantitative estimate of drug-likeness (QED) is 0.900. The molecule has 3 nitrogen and oxygen atoms in total. The highest BCUT2D eigenvalue weighted by Crippen LogP contribution is 2.34. The van der Waals surface area contributed by atoms with Gasteiger partial charge in [-0.25, -0.2) is 4.39 Å². The predicted octanol–water partition coefficient (Wildman–Crippen LogP) is 3.90. The number of halogens is 1. The number of nitrogens with one attached hydrogen (secondary N) is 1. The van der Waals surface area contributed by atoms with E-state index in [1.54, 1.807) is 23.5 Å².